The van der Waals surface area contributed by atoms with Crippen LogP contribution < -0.4 is 11.1 Å². The van der Waals surface area contributed by atoms with Gasteiger partial charge in [-0.15, -0.1) is 11.3 Å². The summed E-state index contributed by atoms with van der Waals surface area (Å²) in [5, 5.41) is 3.67. The van der Waals surface area contributed by atoms with Crippen LogP contribution in [-0.2, 0) is 24.3 Å². The second-order valence-electron chi connectivity index (χ2n) is 7.15. The van der Waals surface area contributed by atoms with Gasteiger partial charge in [-0.1, -0.05) is 43.2 Å². The van der Waals surface area contributed by atoms with Gasteiger partial charge >= 0.3 is 0 Å². The average molecular weight is 356 g/mol. The predicted molar refractivity (Wildman–Crippen MR) is 100 cm³/mol. The molecular weight excluding hydrogens is 332 g/mol. The Morgan fingerprint density at radius 2 is 2.04 bits per heavy atom. The number of rotatable bonds is 4. The number of carbonyl (C=O) groups excluding carboxylic acids is 1. The molecule has 1 aromatic carbocycles. The Hall–Kier alpha value is -1.76. The van der Waals surface area contributed by atoms with Gasteiger partial charge in [-0.25, -0.2) is 4.98 Å². The normalized spacial score (nSPS) is 19.6. The van der Waals surface area contributed by atoms with Gasteiger partial charge < -0.3 is 11.1 Å². The summed E-state index contributed by atoms with van der Waals surface area (Å²) in [5.74, 6) is -0.0720. The van der Waals surface area contributed by atoms with Crippen molar-refractivity contribution in [2.75, 3.05) is 11.9 Å². The second-order valence-corrected chi connectivity index (χ2v) is 8.24. The summed E-state index contributed by atoms with van der Waals surface area (Å²) in [4.78, 5) is 20.8. The predicted octanol–water partition coefficient (Wildman–Crippen LogP) is 2.91. The number of nitrogens with one attached hydrogen (secondary N) is 1. The highest BCUT2D eigenvalue weighted by atomic mass is 32.1. The first-order valence-corrected chi connectivity index (χ1v) is 9.79. The van der Waals surface area contributed by atoms with Gasteiger partial charge in [0.15, 0.2) is 5.13 Å². The van der Waals surface area contributed by atoms with Gasteiger partial charge in [0.2, 0.25) is 5.91 Å². The SMILES string of the molecule is NC1(C(=O)Nc2nc3c(s2)CN(Cc2ccccc2)CC3)CCCC1. The van der Waals surface area contributed by atoms with E-state index >= 15 is 0 Å². The van der Waals surface area contributed by atoms with Crippen LogP contribution in [0.1, 0.15) is 41.8 Å². The van der Waals surface area contributed by atoms with E-state index in [1.807, 2.05) is 6.07 Å². The first-order chi connectivity index (χ1) is 12.1. The molecule has 1 fully saturated rings. The summed E-state index contributed by atoms with van der Waals surface area (Å²) >= 11 is 1.60. The zero-order valence-electron chi connectivity index (χ0n) is 14.3. The van der Waals surface area contributed by atoms with Crippen LogP contribution in [0, 0.1) is 0 Å². The van der Waals surface area contributed by atoms with Gasteiger partial charge in [0.1, 0.15) is 0 Å². The highest BCUT2D eigenvalue weighted by molar-refractivity contribution is 7.15. The zero-order chi connectivity index (χ0) is 17.3. The summed E-state index contributed by atoms with van der Waals surface area (Å²) in [6, 6.07) is 10.5. The van der Waals surface area contributed by atoms with Crippen LogP contribution in [0.4, 0.5) is 5.13 Å². The van der Waals surface area contributed by atoms with Crippen LogP contribution in [-0.4, -0.2) is 27.9 Å². The van der Waals surface area contributed by atoms with Crippen molar-refractivity contribution >= 4 is 22.4 Å². The third-order valence-electron chi connectivity index (χ3n) is 5.23. The number of fused-ring (bicyclic) bond motifs is 1. The number of aromatic nitrogens is 1. The van der Waals surface area contributed by atoms with Crippen molar-refractivity contribution in [3.8, 4) is 0 Å². The maximum Gasteiger partial charge on any atom is 0.246 e. The van der Waals surface area contributed by atoms with E-state index in [1.54, 1.807) is 11.3 Å². The van der Waals surface area contributed by atoms with Gasteiger partial charge in [0.25, 0.3) is 0 Å². The van der Waals surface area contributed by atoms with Crippen molar-refractivity contribution in [3.05, 3.63) is 46.5 Å². The molecule has 5 nitrogen and oxygen atoms in total. The molecular formula is C19H24N4OS. The third-order valence-corrected chi connectivity index (χ3v) is 6.23. The maximum absolute atomic E-state index is 12.5. The molecule has 6 heteroatoms. The molecule has 4 rings (SSSR count). The molecule has 0 radical (unpaired) electrons. The first kappa shape index (κ1) is 16.7. The first-order valence-electron chi connectivity index (χ1n) is 8.98. The van der Waals surface area contributed by atoms with Gasteiger partial charge in [-0.3, -0.25) is 9.69 Å². The molecule has 25 heavy (non-hydrogen) atoms. The monoisotopic (exact) mass is 356 g/mol. The molecule has 0 saturated heterocycles. The zero-order valence-corrected chi connectivity index (χ0v) is 15.1. The summed E-state index contributed by atoms with van der Waals surface area (Å²) in [7, 11) is 0. The van der Waals surface area contributed by atoms with Crippen LogP contribution in [0.15, 0.2) is 30.3 Å². The lowest BCUT2D eigenvalue weighted by Gasteiger charge is -2.25. The number of hydrogen-bond acceptors (Lipinski definition) is 5. The molecule has 132 valence electrons. The maximum atomic E-state index is 12.5. The van der Waals surface area contributed by atoms with Crippen molar-refractivity contribution < 1.29 is 4.79 Å². The summed E-state index contributed by atoms with van der Waals surface area (Å²) in [6.07, 6.45) is 4.55. The van der Waals surface area contributed by atoms with Gasteiger partial charge in [0.05, 0.1) is 11.2 Å². The van der Waals surface area contributed by atoms with E-state index in [0.717, 1.165) is 57.4 Å². The molecule has 2 aliphatic rings. The number of anilines is 1. The molecule has 0 atom stereocenters. The molecule has 1 aliphatic carbocycles. The highest BCUT2D eigenvalue weighted by Gasteiger charge is 2.37. The van der Waals surface area contributed by atoms with Crippen molar-refractivity contribution in [1.82, 2.24) is 9.88 Å². The van der Waals surface area contributed by atoms with E-state index in [2.05, 4.69) is 39.5 Å². The van der Waals surface area contributed by atoms with E-state index in [4.69, 9.17) is 5.73 Å². The van der Waals surface area contributed by atoms with Crippen molar-refractivity contribution in [2.45, 2.75) is 50.7 Å². The number of hydrogen-bond donors (Lipinski definition) is 2. The number of nitrogens with zero attached hydrogens (tertiary/aromatic N) is 2. The quantitative estimate of drug-likeness (QED) is 0.884. The third kappa shape index (κ3) is 3.61. The fraction of sp³-hybridized carbons (Fsp3) is 0.474. The lowest BCUT2D eigenvalue weighted by atomic mass is 9.98. The van der Waals surface area contributed by atoms with Crippen LogP contribution >= 0.6 is 11.3 Å². The van der Waals surface area contributed by atoms with E-state index in [-0.39, 0.29) is 5.91 Å². The molecule has 0 bridgehead atoms. The fourth-order valence-electron chi connectivity index (χ4n) is 3.73. The average Bonchev–Trinajstić information content (AvgIpc) is 3.22. The lowest BCUT2D eigenvalue weighted by Crippen LogP contribution is -2.48. The lowest BCUT2D eigenvalue weighted by molar-refractivity contribution is -0.121. The van der Waals surface area contributed by atoms with Crippen molar-refractivity contribution in [1.29, 1.82) is 0 Å². The van der Waals surface area contributed by atoms with E-state index in [9.17, 15) is 4.79 Å². The Balaban J connectivity index is 1.41. The number of benzene rings is 1. The van der Waals surface area contributed by atoms with Gasteiger partial charge in [0, 0.05) is 30.9 Å². The smallest absolute Gasteiger partial charge is 0.246 e. The second kappa shape index (κ2) is 6.86. The molecule has 1 aliphatic heterocycles. The number of thiazole rings is 1. The number of carbonyl (C=O) groups is 1. The number of nitrogens with two attached hydrogens (primary N) is 1. The molecule has 2 heterocycles. The van der Waals surface area contributed by atoms with Crippen molar-refractivity contribution in [2.24, 2.45) is 5.73 Å². The topological polar surface area (TPSA) is 71.2 Å². The fourth-order valence-corrected chi connectivity index (χ4v) is 4.78. The summed E-state index contributed by atoms with van der Waals surface area (Å²) < 4.78 is 0. The standard InChI is InChI=1S/C19H24N4OS/c20-19(9-4-5-10-19)17(24)22-18-21-15-8-11-23(13-16(15)25-18)12-14-6-2-1-3-7-14/h1-3,6-7H,4-5,8-13,20H2,(H,21,22,24). The minimum absolute atomic E-state index is 0.0720. The van der Waals surface area contributed by atoms with Crippen LogP contribution in [0.2, 0.25) is 0 Å². The molecule has 1 saturated carbocycles. The van der Waals surface area contributed by atoms with Crippen molar-refractivity contribution in [3.63, 3.8) is 0 Å². The van der Waals surface area contributed by atoms with E-state index in [0.29, 0.717) is 5.13 Å². The minimum atomic E-state index is -0.703. The molecule has 3 N–H and O–H groups in total. The highest BCUT2D eigenvalue weighted by Crippen LogP contribution is 2.32. The van der Waals surface area contributed by atoms with Crippen LogP contribution in [0.5, 0.6) is 0 Å². The Morgan fingerprint density at radius 3 is 2.80 bits per heavy atom. The molecule has 0 unspecified atom stereocenters. The molecule has 1 aromatic heterocycles. The molecule has 0 spiro atoms. The Morgan fingerprint density at radius 1 is 1.28 bits per heavy atom. The Kier molecular flexibility index (Phi) is 4.58. The van der Waals surface area contributed by atoms with Gasteiger partial charge in [-0.2, -0.15) is 0 Å². The Bertz CT molecular complexity index is 752. The van der Waals surface area contributed by atoms with E-state index in [1.165, 1.54) is 10.4 Å². The van der Waals surface area contributed by atoms with Gasteiger partial charge in [-0.05, 0) is 18.4 Å². The number of amides is 1. The Labute approximate surface area is 152 Å². The molecule has 2 aromatic rings. The van der Waals surface area contributed by atoms with Crippen LogP contribution in [0.25, 0.3) is 0 Å². The molecule has 1 amide bonds. The summed E-state index contributed by atoms with van der Waals surface area (Å²) in [5.41, 5.74) is 7.99. The summed E-state index contributed by atoms with van der Waals surface area (Å²) in [6.45, 7) is 2.84. The van der Waals surface area contributed by atoms with E-state index < -0.39 is 5.54 Å². The van der Waals surface area contributed by atoms with Crippen LogP contribution in [0.3, 0.4) is 0 Å². The minimum Gasteiger partial charge on any atom is -0.317 e. The largest absolute Gasteiger partial charge is 0.317 e.